The van der Waals surface area contributed by atoms with Gasteiger partial charge < -0.3 is 4.74 Å². The smallest absolute Gasteiger partial charge is 0.119 e. The van der Waals surface area contributed by atoms with Crippen molar-refractivity contribution in [1.29, 1.82) is 0 Å². The average molecular weight is 322 g/mol. The molecule has 0 N–H and O–H groups in total. The van der Waals surface area contributed by atoms with Crippen molar-refractivity contribution >= 4 is 0 Å². The molecule has 1 nitrogen and oxygen atoms in total. The van der Waals surface area contributed by atoms with Crippen LogP contribution in [0.15, 0.2) is 54.6 Å². The fourth-order valence-corrected chi connectivity index (χ4v) is 4.09. The third-order valence-corrected chi connectivity index (χ3v) is 5.58. The van der Waals surface area contributed by atoms with E-state index in [1.807, 2.05) is 6.07 Å². The topological polar surface area (TPSA) is 9.23 Å². The number of methoxy groups -OCH3 is 1. The minimum Gasteiger partial charge on any atom is -0.497 e. The number of aryl methyl sites for hydroxylation is 1. The molecule has 0 atom stereocenters. The molecule has 0 spiro atoms. The van der Waals surface area contributed by atoms with Gasteiger partial charge in [-0.3, -0.25) is 0 Å². The van der Waals surface area contributed by atoms with Crippen LogP contribution in [-0.2, 0) is 6.42 Å². The van der Waals surface area contributed by atoms with E-state index in [1.165, 1.54) is 62.5 Å². The normalized spacial score (nSPS) is 20.7. The van der Waals surface area contributed by atoms with Crippen LogP contribution >= 0.6 is 0 Å². The molecule has 24 heavy (non-hydrogen) atoms. The number of unbranched alkanes of at least 4 members (excludes halogenated alkanes) is 1. The molecule has 0 radical (unpaired) electrons. The Bertz CT molecular complexity index is 596. The monoisotopic (exact) mass is 322 g/mol. The Hall–Kier alpha value is -1.76. The Morgan fingerprint density at radius 3 is 2.42 bits per heavy atom. The Balaban J connectivity index is 1.37. The Kier molecular flexibility index (Phi) is 6.34. The summed E-state index contributed by atoms with van der Waals surface area (Å²) in [6.07, 6.45) is 10.8. The van der Waals surface area contributed by atoms with Crippen LogP contribution < -0.4 is 4.74 Å². The van der Waals surface area contributed by atoms with Gasteiger partial charge in [0.1, 0.15) is 5.75 Å². The first-order valence-corrected chi connectivity index (χ1v) is 9.53. The van der Waals surface area contributed by atoms with Crippen LogP contribution in [0.3, 0.4) is 0 Å². The van der Waals surface area contributed by atoms with Gasteiger partial charge in [-0.1, -0.05) is 55.3 Å². The predicted octanol–water partition coefficient (Wildman–Crippen LogP) is 6.38. The SMILES string of the molecule is COc1cccc(C2CCC(CCCCc3ccccc3)CC2)c1. The summed E-state index contributed by atoms with van der Waals surface area (Å²) in [4.78, 5) is 0. The molecule has 0 amide bonds. The highest BCUT2D eigenvalue weighted by Gasteiger charge is 2.22. The maximum atomic E-state index is 5.37. The summed E-state index contributed by atoms with van der Waals surface area (Å²) in [7, 11) is 1.76. The van der Waals surface area contributed by atoms with Crippen LogP contribution in [0.4, 0.5) is 0 Å². The molecule has 1 saturated carbocycles. The molecule has 0 aliphatic heterocycles. The first-order valence-electron chi connectivity index (χ1n) is 9.53. The number of benzene rings is 2. The van der Waals surface area contributed by atoms with Gasteiger partial charge in [0.25, 0.3) is 0 Å². The van der Waals surface area contributed by atoms with E-state index in [1.54, 1.807) is 7.11 Å². The zero-order valence-corrected chi connectivity index (χ0v) is 14.9. The highest BCUT2D eigenvalue weighted by molar-refractivity contribution is 5.31. The van der Waals surface area contributed by atoms with Crippen molar-refractivity contribution in [3.05, 3.63) is 65.7 Å². The molecule has 128 valence electrons. The molecular weight excluding hydrogens is 292 g/mol. The van der Waals surface area contributed by atoms with Gasteiger partial charge in [-0.05, 0) is 73.6 Å². The highest BCUT2D eigenvalue weighted by Crippen LogP contribution is 2.38. The Morgan fingerprint density at radius 2 is 1.67 bits per heavy atom. The summed E-state index contributed by atoms with van der Waals surface area (Å²) in [5.41, 5.74) is 2.95. The zero-order chi connectivity index (χ0) is 16.6. The van der Waals surface area contributed by atoms with Gasteiger partial charge in [0.2, 0.25) is 0 Å². The number of rotatable bonds is 7. The van der Waals surface area contributed by atoms with Crippen LogP contribution in [0, 0.1) is 5.92 Å². The van der Waals surface area contributed by atoms with E-state index < -0.39 is 0 Å². The maximum Gasteiger partial charge on any atom is 0.119 e. The fourth-order valence-electron chi connectivity index (χ4n) is 4.09. The van der Waals surface area contributed by atoms with Crippen molar-refractivity contribution in [2.75, 3.05) is 7.11 Å². The van der Waals surface area contributed by atoms with Crippen molar-refractivity contribution in [3.63, 3.8) is 0 Å². The zero-order valence-electron chi connectivity index (χ0n) is 14.9. The van der Waals surface area contributed by atoms with Crippen LogP contribution in [0.2, 0.25) is 0 Å². The lowest BCUT2D eigenvalue weighted by molar-refractivity contribution is 0.302. The van der Waals surface area contributed by atoms with Gasteiger partial charge in [0.05, 0.1) is 7.11 Å². The van der Waals surface area contributed by atoms with E-state index >= 15 is 0 Å². The lowest BCUT2D eigenvalue weighted by Crippen LogP contribution is -2.13. The Morgan fingerprint density at radius 1 is 0.875 bits per heavy atom. The first-order chi connectivity index (χ1) is 11.8. The second-order valence-corrected chi connectivity index (χ2v) is 7.23. The standard InChI is InChI=1S/C23H30O/c1-24-23-13-7-12-22(18-23)21-16-14-20(15-17-21)11-6-5-10-19-8-3-2-4-9-19/h2-4,7-9,12-13,18,20-21H,5-6,10-11,14-17H2,1H3. The van der Waals surface area contributed by atoms with Crippen LogP contribution in [0.25, 0.3) is 0 Å². The molecule has 1 aliphatic carbocycles. The predicted molar refractivity (Wildman–Crippen MR) is 102 cm³/mol. The molecule has 0 aromatic heterocycles. The number of hydrogen-bond acceptors (Lipinski definition) is 1. The number of ether oxygens (including phenoxy) is 1. The molecule has 0 unspecified atom stereocenters. The maximum absolute atomic E-state index is 5.37. The molecular formula is C23H30O. The summed E-state index contributed by atoms with van der Waals surface area (Å²) in [5, 5.41) is 0. The Labute approximate surface area is 147 Å². The minimum atomic E-state index is 0.737. The lowest BCUT2D eigenvalue weighted by atomic mass is 9.77. The van der Waals surface area contributed by atoms with Gasteiger partial charge >= 0.3 is 0 Å². The molecule has 2 aromatic carbocycles. The summed E-state index contributed by atoms with van der Waals surface area (Å²) in [5.74, 6) is 2.68. The molecule has 3 rings (SSSR count). The van der Waals surface area contributed by atoms with E-state index in [4.69, 9.17) is 4.74 Å². The van der Waals surface area contributed by atoms with E-state index in [9.17, 15) is 0 Å². The quantitative estimate of drug-likeness (QED) is 0.537. The summed E-state index contributed by atoms with van der Waals surface area (Å²) >= 11 is 0. The molecule has 0 bridgehead atoms. The van der Waals surface area contributed by atoms with Crippen molar-refractivity contribution in [2.45, 2.75) is 57.3 Å². The van der Waals surface area contributed by atoms with Crippen LogP contribution in [-0.4, -0.2) is 7.11 Å². The summed E-state index contributed by atoms with van der Waals surface area (Å²) < 4.78 is 5.37. The highest BCUT2D eigenvalue weighted by atomic mass is 16.5. The second kappa shape index (κ2) is 8.92. The van der Waals surface area contributed by atoms with Gasteiger partial charge in [0.15, 0.2) is 0 Å². The third kappa shape index (κ3) is 4.87. The van der Waals surface area contributed by atoms with Gasteiger partial charge in [0, 0.05) is 0 Å². The van der Waals surface area contributed by atoms with Gasteiger partial charge in [-0.25, -0.2) is 0 Å². The van der Waals surface area contributed by atoms with Crippen molar-refractivity contribution in [3.8, 4) is 5.75 Å². The van der Waals surface area contributed by atoms with Gasteiger partial charge in [-0.2, -0.15) is 0 Å². The van der Waals surface area contributed by atoms with E-state index in [0.717, 1.165) is 17.6 Å². The molecule has 1 heteroatoms. The van der Waals surface area contributed by atoms with Crippen LogP contribution in [0.1, 0.15) is 62.0 Å². The van der Waals surface area contributed by atoms with Crippen molar-refractivity contribution in [1.82, 2.24) is 0 Å². The average Bonchev–Trinajstić information content (AvgIpc) is 2.66. The third-order valence-electron chi connectivity index (χ3n) is 5.58. The summed E-state index contributed by atoms with van der Waals surface area (Å²) in [6, 6.07) is 19.6. The van der Waals surface area contributed by atoms with Crippen LogP contribution in [0.5, 0.6) is 5.75 Å². The minimum absolute atomic E-state index is 0.737. The summed E-state index contributed by atoms with van der Waals surface area (Å²) in [6.45, 7) is 0. The van der Waals surface area contributed by atoms with E-state index in [0.29, 0.717) is 0 Å². The van der Waals surface area contributed by atoms with E-state index in [-0.39, 0.29) is 0 Å². The second-order valence-electron chi connectivity index (χ2n) is 7.23. The lowest BCUT2D eigenvalue weighted by Gasteiger charge is -2.29. The van der Waals surface area contributed by atoms with Crippen molar-refractivity contribution < 1.29 is 4.74 Å². The van der Waals surface area contributed by atoms with Crippen molar-refractivity contribution in [2.24, 2.45) is 5.92 Å². The molecule has 1 aliphatic rings. The largest absolute Gasteiger partial charge is 0.497 e. The molecule has 0 heterocycles. The molecule has 0 saturated heterocycles. The first kappa shape index (κ1) is 17.1. The number of hydrogen-bond donors (Lipinski definition) is 0. The van der Waals surface area contributed by atoms with Gasteiger partial charge in [-0.15, -0.1) is 0 Å². The molecule has 1 fully saturated rings. The molecule has 2 aromatic rings. The van der Waals surface area contributed by atoms with E-state index in [2.05, 4.69) is 48.5 Å². The fraction of sp³-hybridized carbons (Fsp3) is 0.478.